The second-order valence-corrected chi connectivity index (χ2v) is 5.76. The lowest BCUT2D eigenvalue weighted by Crippen LogP contribution is -2.49. The van der Waals surface area contributed by atoms with Gasteiger partial charge in [0.05, 0.1) is 0 Å². The van der Waals surface area contributed by atoms with Gasteiger partial charge < -0.3 is 10.6 Å². The fraction of sp³-hybridized carbons (Fsp3) is 0.692. The standard InChI is InChI=1S/C13H24N4O2/c1-7-8-17(13(2,3)4)9-10(14)15(5)12(19)16(6)11(9)18/h7-8,14H2,1-6H3. The summed E-state index contributed by atoms with van der Waals surface area (Å²) in [5.74, 6) is 0.219. The van der Waals surface area contributed by atoms with Crippen LogP contribution < -0.4 is 21.9 Å². The van der Waals surface area contributed by atoms with Crippen molar-refractivity contribution < 1.29 is 0 Å². The van der Waals surface area contributed by atoms with Gasteiger partial charge in [0, 0.05) is 26.2 Å². The summed E-state index contributed by atoms with van der Waals surface area (Å²) in [5, 5.41) is 0. The Morgan fingerprint density at radius 1 is 1.16 bits per heavy atom. The Morgan fingerprint density at radius 3 is 2.11 bits per heavy atom. The average Bonchev–Trinajstić information content (AvgIpc) is 2.32. The number of aromatic nitrogens is 2. The smallest absolute Gasteiger partial charge is 0.332 e. The first kappa shape index (κ1) is 15.3. The zero-order valence-electron chi connectivity index (χ0n) is 12.6. The minimum absolute atomic E-state index is 0.219. The largest absolute Gasteiger partial charge is 0.383 e. The van der Waals surface area contributed by atoms with Crippen LogP contribution in [0.15, 0.2) is 9.59 Å². The van der Waals surface area contributed by atoms with Crippen LogP contribution in [-0.2, 0) is 14.1 Å². The predicted octanol–water partition coefficient (Wildman–Crippen LogP) is 0.681. The lowest BCUT2D eigenvalue weighted by Gasteiger charge is -2.37. The van der Waals surface area contributed by atoms with Gasteiger partial charge in [-0.15, -0.1) is 0 Å². The molecule has 0 atom stereocenters. The van der Waals surface area contributed by atoms with Crippen molar-refractivity contribution in [1.82, 2.24) is 9.13 Å². The quantitative estimate of drug-likeness (QED) is 0.875. The summed E-state index contributed by atoms with van der Waals surface area (Å²) in [6, 6.07) is 0. The van der Waals surface area contributed by atoms with Gasteiger partial charge in [-0.05, 0) is 27.2 Å². The molecule has 108 valence electrons. The Bertz CT molecular complexity index is 578. The Hall–Kier alpha value is -1.72. The van der Waals surface area contributed by atoms with Crippen molar-refractivity contribution in [3.8, 4) is 0 Å². The summed E-state index contributed by atoms with van der Waals surface area (Å²) in [4.78, 5) is 26.1. The number of hydrogen-bond donors (Lipinski definition) is 1. The normalized spacial score (nSPS) is 11.7. The van der Waals surface area contributed by atoms with E-state index in [1.54, 1.807) is 7.05 Å². The van der Waals surface area contributed by atoms with Gasteiger partial charge in [-0.25, -0.2) is 4.79 Å². The maximum atomic E-state index is 12.4. The molecule has 1 aromatic heterocycles. The zero-order valence-corrected chi connectivity index (χ0v) is 12.6. The van der Waals surface area contributed by atoms with Crippen molar-refractivity contribution in [1.29, 1.82) is 0 Å². The van der Waals surface area contributed by atoms with Gasteiger partial charge in [-0.1, -0.05) is 6.92 Å². The van der Waals surface area contributed by atoms with E-state index in [1.807, 2.05) is 32.6 Å². The van der Waals surface area contributed by atoms with Gasteiger partial charge in [0.15, 0.2) is 0 Å². The van der Waals surface area contributed by atoms with E-state index in [9.17, 15) is 9.59 Å². The van der Waals surface area contributed by atoms with E-state index in [2.05, 4.69) is 0 Å². The highest BCUT2D eigenvalue weighted by Gasteiger charge is 2.27. The summed E-state index contributed by atoms with van der Waals surface area (Å²) in [6.45, 7) is 8.81. The van der Waals surface area contributed by atoms with Crippen molar-refractivity contribution in [3.63, 3.8) is 0 Å². The third-order valence-electron chi connectivity index (χ3n) is 3.21. The Kier molecular flexibility index (Phi) is 4.12. The van der Waals surface area contributed by atoms with Crippen LogP contribution in [0.4, 0.5) is 11.5 Å². The molecule has 19 heavy (non-hydrogen) atoms. The number of nitrogen functional groups attached to an aromatic ring is 1. The molecule has 0 fully saturated rings. The van der Waals surface area contributed by atoms with Gasteiger partial charge in [-0.2, -0.15) is 0 Å². The van der Waals surface area contributed by atoms with Crippen molar-refractivity contribution in [3.05, 3.63) is 20.8 Å². The molecule has 0 spiro atoms. The van der Waals surface area contributed by atoms with Crippen LogP contribution in [0.3, 0.4) is 0 Å². The first-order chi connectivity index (χ1) is 8.62. The number of nitrogens with two attached hydrogens (primary N) is 1. The predicted molar refractivity (Wildman–Crippen MR) is 78.7 cm³/mol. The van der Waals surface area contributed by atoms with E-state index < -0.39 is 5.69 Å². The molecule has 1 aromatic rings. The highest BCUT2D eigenvalue weighted by molar-refractivity contribution is 5.63. The fourth-order valence-electron chi connectivity index (χ4n) is 2.10. The molecule has 0 aliphatic heterocycles. The number of hydrogen-bond acceptors (Lipinski definition) is 4. The van der Waals surface area contributed by atoms with Gasteiger partial charge >= 0.3 is 5.69 Å². The lowest BCUT2D eigenvalue weighted by atomic mass is 10.0. The summed E-state index contributed by atoms with van der Waals surface area (Å²) in [5.41, 5.74) is 5.40. The van der Waals surface area contributed by atoms with Gasteiger partial charge in [0.25, 0.3) is 5.56 Å². The molecule has 1 rings (SSSR count). The number of rotatable bonds is 3. The van der Waals surface area contributed by atoms with E-state index in [0.29, 0.717) is 12.2 Å². The minimum Gasteiger partial charge on any atom is -0.383 e. The van der Waals surface area contributed by atoms with Crippen LogP contribution >= 0.6 is 0 Å². The van der Waals surface area contributed by atoms with E-state index in [-0.39, 0.29) is 16.9 Å². The average molecular weight is 268 g/mol. The Morgan fingerprint density at radius 2 is 1.68 bits per heavy atom. The third-order valence-corrected chi connectivity index (χ3v) is 3.21. The molecule has 0 saturated heterocycles. The molecule has 6 nitrogen and oxygen atoms in total. The molecular formula is C13H24N4O2. The third kappa shape index (κ3) is 2.67. The fourth-order valence-corrected chi connectivity index (χ4v) is 2.10. The topological polar surface area (TPSA) is 73.3 Å². The molecule has 0 amide bonds. The molecule has 0 aromatic carbocycles. The SMILES string of the molecule is CCCN(c1c(N)n(C)c(=O)n(C)c1=O)C(C)(C)C. The molecule has 2 N–H and O–H groups in total. The van der Waals surface area contributed by atoms with E-state index in [1.165, 1.54) is 11.6 Å². The summed E-state index contributed by atoms with van der Waals surface area (Å²) >= 11 is 0. The molecule has 6 heteroatoms. The number of nitrogens with zero attached hydrogens (tertiary/aromatic N) is 3. The zero-order chi connectivity index (χ0) is 15.0. The summed E-state index contributed by atoms with van der Waals surface area (Å²) in [7, 11) is 3.05. The molecular weight excluding hydrogens is 244 g/mol. The van der Waals surface area contributed by atoms with Gasteiger partial charge in [-0.3, -0.25) is 13.9 Å². The molecule has 1 heterocycles. The highest BCUT2D eigenvalue weighted by atomic mass is 16.2. The van der Waals surface area contributed by atoms with Crippen molar-refractivity contribution >= 4 is 11.5 Å². The van der Waals surface area contributed by atoms with Crippen LogP contribution in [-0.4, -0.2) is 21.2 Å². The second-order valence-electron chi connectivity index (χ2n) is 5.76. The summed E-state index contributed by atoms with van der Waals surface area (Å²) in [6.07, 6.45) is 0.892. The molecule has 0 bridgehead atoms. The van der Waals surface area contributed by atoms with Crippen molar-refractivity contribution in [2.75, 3.05) is 17.2 Å². The van der Waals surface area contributed by atoms with E-state index in [4.69, 9.17) is 5.73 Å². The Labute approximate surface area is 113 Å². The first-order valence-electron chi connectivity index (χ1n) is 6.46. The maximum absolute atomic E-state index is 12.4. The monoisotopic (exact) mass is 268 g/mol. The molecule has 0 unspecified atom stereocenters. The van der Waals surface area contributed by atoms with E-state index >= 15 is 0 Å². The van der Waals surface area contributed by atoms with Crippen LogP contribution in [0, 0.1) is 0 Å². The Balaban J connectivity index is 3.66. The molecule has 0 aliphatic rings. The molecule has 0 aliphatic carbocycles. The van der Waals surface area contributed by atoms with Crippen LogP contribution in [0.5, 0.6) is 0 Å². The van der Waals surface area contributed by atoms with E-state index in [0.717, 1.165) is 11.0 Å². The summed E-state index contributed by atoms with van der Waals surface area (Å²) < 4.78 is 2.41. The van der Waals surface area contributed by atoms with Crippen molar-refractivity contribution in [2.45, 2.75) is 39.7 Å². The first-order valence-corrected chi connectivity index (χ1v) is 6.46. The maximum Gasteiger partial charge on any atom is 0.332 e. The second kappa shape index (κ2) is 5.11. The van der Waals surface area contributed by atoms with Crippen LogP contribution in [0.1, 0.15) is 34.1 Å². The van der Waals surface area contributed by atoms with Gasteiger partial charge in [0.2, 0.25) is 0 Å². The highest BCUT2D eigenvalue weighted by Crippen LogP contribution is 2.24. The molecule has 0 radical (unpaired) electrons. The van der Waals surface area contributed by atoms with Crippen molar-refractivity contribution in [2.24, 2.45) is 14.1 Å². The van der Waals surface area contributed by atoms with Gasteiger partial charge in [0.1, 0.15) is 11.5 Å². The molecule has 0 saturated carbocycles. The minimum atomic E-state index is -0.406. The van der Waals surface area contributed by atoms with Crippen LogP contribution in [0.25, 0.3) is 0 Å². The lowest BCUT2D eigenvalue weighted by molar-refractivity contribution is 0.495. The number of anilines is 2. The van der Waals surface area contributed by atoms with Crippen LogP contribution in [0.2, 0.25) is 0 Å².